The summed E-state index contributed by atoms with van der Waals surface area (Å²) in [4.78, 5) is 16.0. The van der Waals surface area contributed by atoms with Gasteiger partial charge in [-0.25, -0.2) is 15.0 Å². The van der Waals surface area contributed by atoms with E-state index in [-0.39, 0.29) is 0 Å². The standard InChI is InChI=1S/C16H16ClN5O/c1-9-6-14(17)22-16(20-9)21-11-4-5-12(13(7-11)23-3)15-18-8-10(2)19-15/h4-8H,1-3H3,(H,18,19)(H,20,21,22). The lowest BCUT2D eigenvalue weighted by molar-refractivity contribution is 0.416. The van der Waals surface area contributed by atoms with Crippen molar-refractivity contribution in [2.24, 2.45) is 0 Å². The van der Waals surface area contributed by atoms with Gasteiger partial charge in [-0.2, -0.15) is 0 Å². The number of imidazole rings is 1. The molecule has 1 aromatic carbocycles. The summed E-state index contributed by atoms with van der Waals surface area (Å²) in [6.07, 6.45) is 1.85. The average Bonchev–Trinajstić information content (AvgIpc) is 2.92. The predicted molar refractivity (Wildman–Crippen MR) is 90.4 cm³/mol. The summed E-state index contributed by atoms with van der Waals surface area (Å²) in [5.41, 5.74) is 3.40. The van der Waals surface area contributed by atoms with Crippen molar-refractivity contribution in [3.63, 3.8) is 0 Å². The van der Waals surface area contributed by atoms with Crippen LogP contribution in [0.15, 0.2) is 30.5 Å². The topological polar surface area (TPSA) is 75.7 Å². The van der Waals surface area contributed by atoms with Gasteiger partial charge in [-0.15, -0.1) is 0 Å². The summed E-state index contributed by atoms with van der Waals surface area (Å²) >= 11 is 5.95. The van der Waals surface area contributed by atoms with Gasteiger partial charge in [0.25, 0.3) is 0 Å². The maximum atomic E-state index is 5.95. The molecule has 0 aliphatic rings. The van der Waals surface area contributed by atoms with Crippen LogP contribution in [-0.2, 0) is 0 Å². The molecule has 2 aromatic heterocycles. The zero-order chi connectivity index (χ0) is 16.4. The number of hydrogen-bond donors (Lipinski definition) is 2. The lowest BCUT2D eigenvalue weighted by atomic mass is 10.1. The summed E-state index contributed by atoms with van der Waals surface area (Å²) in [6, 6.07) is 7.41. The number of aryl methyl sites for hydroxylation is 2. The summed E-state index contributed by atoms with van der Waals surface area (Å²) < 4.78 is 5.47. The Morgan fingerprint density at radius 3 is 2.57 bits per heavy atom. The van der Waals surface area contributed by atoms with Crippen molar-refractivity contribution < 1.29 is 4.74 Å². The largest absolute Gasteiger partial charge is 0.496 e. The highest BCUT2D eigenvalue weighted by Gasteiger charge is 2.11. The monoisotopic (exact) mass is 329 g/mol. The summed E-state index contributed by atoms with van der Waals surface area (Å²) in [6.45, 7) is 3.79. The van der Waals surface area contributed by atoms with Gasteiger partial charge in [-0.05, 0) is 32.0 Å². The molecule has 2 N–H and O–H groups in total. The first kappa shape index (κ1) is 15.3. The third kappa shape index (κ3) is 3.43. The number of rotatable bonds is 4. The summed E-state index contributed by atoms with van der Waals surface area (Å²) in [5.74, 6) is 1.91. The quantitative estimate of drug-likeness (QED) is 0.710. The molecule has 2 heterocycles. The number of hydrogen-bond acceptors (Lipinski definition) is 5. The Hall–Kier alpha value is -2.60. The maximum Gasteiger partial charge on any atom is 0.228 e. The Morgan fingerprint density at radius 2 is 1.91 bits per heavy atom. The van der Waals surface area contributed by atoms with E-state index in [1.807, 2.05) is 38.2 Å². The molecular weight excluding hydrogens is 314 g/mol. The van der Waals surface area contributed by atoms with E-state index >= 15 is 0 Å². The second kappa shape index (κ2) is 6.26. The molecule has 23 heavy (non-hydrogen) atoms. The van der Waals surface area contributed by atoms with Gasteiger partial charge in [0, 0.05) is 23.6 Å². The zero-order valence-corrected chi connectivity index (χ0v) is 13.8. The zero-order valence-electron chi connectivity index (χ0n) is 13.0. The number of anilines is 2. The second-order valence-electron chi connectivity index (χ2n) is 5.09. The summed E-state index contributed by atoms with van der Waals surface area (Å²) in [5, 5.41) is 3.52. The van der Waals surface area contributed by atoms with Gasteiger partial charge in [0.15, 0.2) is 0 Å². The molecule has 0 saturated heterocycles. The lowest BCUT2D eigenvalue weighted by Gasteiger charge is -2.10. The van der Waals surface area contributed by atoms with Crippen LogP contribution in [0.3, 0.4) is 0 Å². The fourth-order valence-electron chi connectivity index (χ4n) is 2.23. The van der Waals surface area contributed by atoms with Crippen LogP contribution in [0.4, 0.5) is 11.6 Å². The fraction of sp³-hybridized carbons (Fsp3) is 0.188. The number of ether oxygens (including phenoxy) is 1. The molecular formula is C16H16ClN5O. The van der Waals surface area contributed by atoms with E-state index in [1.54, 1.807) is 13.2 Å². The molecule has 7 heteroatoms. The third-order valence-electron chi connectivity index (χ3n) is 3.24. The van der Waals surface area contributed by atoms with E-state index in [2.05, 4.69) is 25.3 Å². The SMILES string of the molecule is COc1cc(Nc2nc(C)cc(Cl)n2)ccc1-c1nc(C)c[nH]1. The van der Waals surface area contributed by atoms with E-state index < -0.39 is 0 Å². The molecule has 6 nitrogen and oxygen atoms in total. The average molecular weight is 330 g/mol. The van der Waals surface area contributed by atoms with Gasteiger partial charge in [0.1, 0.15) is 16.7 Å². The molecule has 0 unspecified atom stereocenters. The highest BCUT2D eigenvalue weighted by atomic mass is 35.5. The van der Waals surface area contributed by atoms with E-state index in [9.17, 15) is 0 Å². The van der Waals surface area contributed by atoms with Crippen molar-refractivity contribution in [1.82, 2.24) is 19.9 Å². The highest BCUT2D eigenvalue weighted by Crippen LogP contribution is 2.31. The van der Waals surface area contributed by atoms with Crippen LogP contribution >= 0.6 is 11.6 Å². The summed E-state index contributed by atoms with van der Waals surface area (Å²) in [7, 11) is 1.62. The van der Waals surface area contributed by atoms with Gasteiger partial charge < -0.3 is 15.0 Å². The van der Waals surface area contributed by atoms with Crippen LogP contribution in [0.5, 0.6) is 5.75 Å². The van der Waals surface area contributed by atoms with Crippen LogP contribution in [0.1, 0.15) is 11.4 Å². The van der Waals surface area contributed by atoms with Gasteiger partial charge in [0.2, 0.25) is 5.95 Å². The number of aromatic amines is 1. The first-order valence-corrected chi connectivity index (χ1v) is 7.41. The minimum absolute atomic E-state index is 0.398. The molecule has 0 fully saturated rings. The minimum Gasteiger partial charge on any atom is -0.496 e. The van der Waals surface area contributed by atoms with E-state index in [4.69, 9.17) is 16.3 Å². The van der Waals surface area contributed by atoms with Crippen LogP contribution in [0.2, 0.25) is 5.15 Å². The lowest BCUT2D eigenvalue weighted by Crippen LogP contribution is -1.99. The number of benzene rings is 1. The van der Waals surface area contributed by atoms with E-state index in [0.717, 1.165) is 28.5 Å². The molecule has 0 saturated carbocycles. The van der Waals surface area contributed by atoms with Crippen LogP contribution < -0.4 is 10.1 Å². The van der Waals surface area contributed by atoms with E-state index in [1.165, 1.54) is 0 Å². The molecule has 118 valence electrons. The first-order chi connectivity index (χ1) is 11.0. The van der Waals surface area contributed by atoms with Gasteiger partial charge >= 0.3 is 0 Å². The number of H-pyrrole nitrogens is 1. The molecule has 3 aromatic rings. The Balaban J connectivity index is 1.92. The van der Waals surface area contributed by atoms with Crippen molar-refractivity contribution in [3.8, 4) is 17.1 Å². The molecule has 0 aliphatic heterocycles. The van der Waals surface area contributed by atoms with Crippen molar-refractivity contribution in [2.75, 3.05) is 12.4 Å². The number of nitrogens with zero attached hydrogens (tertiary/aromatic N) is 3. The number of nitrogens with one attached hydrogen (secondary N) is 2. The Kier molecular flexibility index (Phi) is 4.16. The molecule has 0 bridgehead atoms. The van der Waals surface area contributed by atoms with Crippen molar-refractivity contribution in [3.05, 3.63) is 47.0 Å². The Labute approximate surface area is 138 Å². The molecule has 0 amide bonds. The van der Waals surface area contributed by atoms with Crippen molar-refractivity contribution in [2.45, 2.75) is 13.8 Å². The predicted octanol–water partition coefficient (Wildman–Crippen LogP) is 3.89. The van der Waals surface area contributed by atoms with Gasteiger partial charge in [-0.3, -0.25) is 0 Å². The normalized spacial score (nSPS) is 10.6. The Bertz CT molecular complexity index is 826. The van der Waals surface area contributed by atoms with E-state index in [0.29, 0.717) is 16.9 Å². The van der Waals surface area contributed by atoms with Crippen molar-refractivity contribution in [1.29, 1.82) is 0 Å². The first-order valence-electron chi connectivity index (χ1n) is 7.04. The van der Waals surface area contributed by atoms with Crippen LogP contribution in [0.25, 0.3) is 11.4 Å². The van der Waals surface area contributed by atoms with Gasteiger partial charge in [0.05, 0.1) is 18.4 Å². The smallest absolute Gasteiger partial charge is 0.228 e. The highest BCUT2D eigenvalue weighted by molar-refractivity contribution is 6.29. The molecule has 3 rings (SSSR count). The van der Waals surface area contributed by atoms with Crippen molar-refractivity contribution >= 4 is 23.2 Å². The molecule has 0 spiro atoms. The molecule has 0 atom stereocenters. The Morgan fingerprint density at radius 1 is 1.09 bits per heavy atom. The minimum atomic E-state index is 0.398. The molecule has 0 aliphatic carbocycles. The number of methoxy groups -OCH3 is 1. The second-order valence-corrected chi connectivity index (χ2v) is 5.47. The van der Waals surface area contributed by atoms with Crippen LogP contribution in [-0.4, -0.2) is 27.0 Å². The van der Waals surface area contributed by atoms with Crippen LogP contribution in [0, 0.1) is 13.8 Å². The number of halogens is 1. The van der Waals surface area contributed by atoms with Gasteiger partial charge in [-0.1, -0.05) is 11.6 Å². The maximum absolute atomic E-state index is 5.95. The third-order valence-corrected chi connectivity index (χ3v) is 3.44. The fourth-order valence-corrected chi connectivity index (χ4v) is 2.47. The molecule has 0 radical (unpaired) electrons. The number of aromatic nitrogens is 4.